The summed E-state index contributed by atoms with van der Waals surface area (Å²) in [5.74, 6) is -0.632. The predicted octanol–water partition coefficient (Wildman–Crippen LogP) is 3.53. The second-order valence-corrected chi connectivity index (χ2v) is 8.56. The van der Waals surface area contributed by atoms with Crippen LogP contribution in [0, 0.1) is 0 Å². The SMILES string of the molecule is C=CCO[C@H]1[C@H]2OC3(CCCCC3)O[C@H]2[C@H](OCC=C)[C@@H](O)[C@@H]1OCc1ccccc1. The van der Waals surface area contributed by atoms with Crippen LogP contribution in [0.2, 0.25) is 0 Å². The minimum absolute atomic E-state index is 0.310. The lowest BCUT2D eigenvalue weighted by molar-refractivity contribution is -0.230. The molecular formula is C25H34O6. The van der Waals surface area contributed by atoms with E-state index < -0.39 is 42.4 Å². The van der Waals surface area contributed by atoms with Crippen LogP contribution < -0.4 is 0 Å². The van der Waals surface area contributed by atoms with E-state index in [-0.39, 0.29) is 0 Å². The van der Waals surface area contributed by atoms with E-state index in [1.54, 1.807) is 12.2 Å². The summed E-state index contributed by atoms with van der Waals surface area (Å²) in [6.45, 7) is 8.51. The van der Waals surface area contributed by atoms with Gasteiger partial charge in [0.1, 0.15) is 36.6 Å². The average molecular weight is 431 g/mol. The van der Waals surface area contributed by atoms with Crippen LogP contribution in [-0.2, 0) is 30.3 Å². The van der Waals surface area contributed by atoms with E-state index in [0.717, 1.165) is 31.2 Å². The Bertz CT molecular complexity index is 716. The molecule has 1 aromatic carbocycles. The molecule has 0 bridgehead atoms. The zero-order valence-electron chi connectivity index (χ0n) is 18.1. The highest BCUT2D eigenvalue weighted by Gasteiger charge is 2.61. The van der Waals surface area contributed by atoms with Gasteiger partial charge in [-0.1, -0.05) is 48.9 Å². The summed E-state index contributed by atoms with van der Waals surface area (Å²) in [4.78, 5) is 0. The van der Waals surface area contributed by atoms with Crippen LogP contribution in [-0.4, -0.2) is 60.7 Å². The molecule has 1 aromatic rings. The summed E-state index contributed by atoms with van der Waals surface area (Å²) in [6, 6.07) is 9.89. The molecule has 1 saturated heterocycles. The fourth-order valence-electron chi connectivity index (χ4n) is 4.96. The molecule has 6 nitrogen and oxygen atoms in total. The third kappa shape index (κ3) is 4.95. The molecule has 1 aliphatic heterocycles. The highest BCUT2D eigenvalue weighted by molar-refractivity contribution is 5.14. The largest absolute Gasteiger partial charge is 0.387 e. The zero-order chi connectivity index (χ0) is 21.7. The Hall–Kier alpha value is -1.54. The molecule has 0 aromatic heterocycles. The first-order valence-electron chi connectivity index (χ1n) is 11.3. The number of fused-ring (bicyclic) bond motifs is 1. The lowest BCUT2D eigenvalue weighted by Crippen LogP contribution is -2.64. The molecule has 0 amide bonds. The van der Waals surface area contributed by atoms with Crippen molar-refractivity contribution in [1.29, 1.82) is 0 Å². The van der Waals surface area contributed by atoms with Gasteiger partial charge in [-0.15, -0.1) is 13.2 Å². The second kappa shape index (κ2) is 10.4. The van der Waals surface area contributed by atoms with Crippen LogP contribution in [0.1, 0.15) is 37.7 Å². The number of benzene rings is 1. The van der Waals surface area contributed by atoms with Gasteiger partial charge in [-0.3, -0.25) is 0 Å². The van der Waals surface area contributed by atoms with E-state index in [4.69, 9.17) is 23.7 Å². The van der Waals surface area contributed by atoms with Crippen molar-refractivity contribution < 1.29 is 28.8 Å². The molecule has 2 saturated carbocycles. The highest BCUT2D eigenvalue weighted by Crippen LogP contribution is 2.46. The van der Waals surface area contributed by atoms with Crippen molar-refractivity contribution in [2.75, 3.05) is 13.2 Å². The summed E-state index contributed by atoms with van der Waals surface area (Å²) in [5.41, 5.74) is 1.02. The maximum atomic E-state index is 11.3. The van der Waals surface area contributed by atoms with Crippen LogP contribution in [0.15, 0.2) is 55.6 Å². The molecule has 2 aliphatic carbocycles. The molecule has 1 N–H and O–H groups in total. The first-order valence-corrected chi connectivity index (χ1v) is 11.3. The highest BCUT2D eigenvalue weighted by atomic mass is 16.8. The molecule has 3 fully saturated rings. The number of ether oxygens (including phenoxy) is 5. The van der Waals surface area contributed by atoms with Gasteiger partial charge in [0.05, 0.1) is 19.8 Å². The summed E-state index contributed by atoms with van der Waals surface area (Å²) < 4.78 is 31.4. The average Bonchev–Trinajstić information content (AvgIpc) is 3.15. The molecule has 0 unspecified atom stereocenters. The van der Waals surface area contributed by atoms with Crippen LogP contribution in [0.5, 0.6) is 0 Å². The number of rotatable bonds is 9. The molecule has 4 rings (SSSR count). The van der Waals surface area contributed by atoms with Crippen molar-refractivity contribution in [3.8, 4) is 0 Å². The lowest BCUT2D eigenvalue weighted by Gasteiger charge is -2.44. The van der Waals surface area contributed by atoms with E-state index >= 15 is 0 Å². The minimum Gasteiger partial charge on any atom is -0.387 e. The van der Waals surface area contributed by atoms with Gasteiger partial charge in [0, 0.05) is 12.8 Å². The lowest BCUT2D eigenvalue weighted by atomic mass is 9.84. The number of aliphatic hydroxyl groups excluding tert-OH is 1. The topological polar surface area (TPSA) is 66.4 Å². The summed E-state index contributed by atoms with van der Waals surface area (Å²) in [7, 11) is 0. The molecule has 0 radical (unpaired) electrons. The standard InChI is InChI=1S/C25H34O6/c1-3-15-27-21-19(26)20(29-17-18-11-7-5-8-12-18)22(28-16-4-2)24-23(21)30-25(31-24)13-9-6-10-14-25/h3-5,7-8,11-12,19-24,26H,1-2,6,9-10,13-17H2/t19-,20-,21+,22+,23-,24+/m0/s1. The van der Waals surface area contributed by atoms with Gasteiger partial charge in [0.2, 0.25) is 0 Å². The molecule has 1 spiro atoms. The Morgan fingerprint density at radius 3 is 2.13 bits per heavy atom. The van der Waals surface area contributed by atoms with Gasteiger partial charge in [-0.2, -0.15) is 0 Å². The maximum Gasteiger partial charge on any atom is 0.169 e. The fourth-order valence-corrected chi connectivity index (χ4v) is 4.96. The maximum absolute atomic E-state index is 11.3. The van der Waals surface area contributed by atoms with Crippen molar-refractivity contribution in [2.45, 2.75) is 81.1 Å². The Morgan fingerprint density at radius 1 is 0.871 bits per heavy atom. The summed E-state index contributed by atoms with van der Waals surface area (Å²) in [6.07, 6.45) is 4.90. The van der Waals surface area contributed by atoms with Crippen molar-refractivity contribution in [2.24, 2.45) is 0 Å². The third-order valence-corrected chi connectivity index (χ3v) is 6.38. The first-order chi connectivity index (χ1) is 15.2. The van der Waals surface area contributed by atoms with Crippen molar-refractivity contribution in [3.63, 3.8) is 0 Å². The van der Waals surface area contributed by atoms with Gasteiger partial charge >= 0.3 is 0 Å². The Balaban J connectivity index is 1.59. The van der Waals surface area contributed by atoms with Crippen LogP contribution >= 0.6 is 0 Å². The van der Waals surface area contributed by atoms with Crippen LogP contribution in [0.4, 0.5) is 0 Å². The van der Waals surface area contributed by atoms with Gasteiger partial charge in [0.15, 0.2) is 5.79 Å². The summed E-state index contributed by atoms with van der Waals surface area (Å²) >= 11 is 0. The zero-order valence-corrected chi connectivity index (χ0v) is 18.1. The van der Waals surface area contributed by atoms with E-state index in [0.29, 0.717) is 19.8 Å². The number of aliphatic hydroxyl groups is 1. The van der Waals surface area contributed by atoms with Gasteiger partial charge in [0.25, 0.3) is 0 Å². The van der Waals surface area contributed by atoms with Crippen LogP contribution in [0.25, 0.3) is 0 Å². The quantitative estimate of drug-likeness (QED) is 0.605. The molecule has 1 heterocycles. The Labute approximate surface area is 184 Å². The van der Waals surface area contributed by atoms with Gasteiger partial charge < -0.3 is 28.8 Å². The number of hydrogen-bond acceptors (Lipinski definition) is 6. The van der Waals surface area contributed by atoms with Gasteiger partial charge in [-0.05, 0) is 18.4 Å². The summed E-state index contributed by atoms with van der Waals surface area (Å²) in [5, 5.41) is 11.3. The van der Waals surface area contributed by atoms with Gasteiger partial charge in [-0.25, -0.2) is 0 Å². The van der Waals surface area contributed by atoms with E-state index in [1.165, 1.54) is 6.42 Å². The third-order valence-electron chi connectivity index (χ3n) is 6.38. The van der Waals surface area contributed by atoms with Crippen molar-refractivity contribution >= 4 is 0 Å². The van der Waals surface area contributed by atoms with Crippen molar-refractivity contribution in [1.82, 2.24) is 0 Å². The van der Waals surface area contributed by atoms with Crippen LogP contribution in [0.3, 0.4) is 0 Å². The number of hydrogen-bond donors (Lipinski definition) is 1. The second-order valence-electron chi connectivity index (χ2n) is 8.56. The Kier molecular flexibility index (Phi) is 7.59. The fraction of sp³-hybridized carbons (Fsp3) is 0.600. The Morgan fingerprint density at radius 2 is 1.48 bits per heavy atom. The molecule has 170 valence electrons. The van der Waals surface area contributed by atoms with Crippen molar-refractivity contribution in [3.05, 3.63) is 61.2 Å². The first kappa shape index (κ1) is 22.6. The molecule has 6 heteroatoms. The molecular weight excluding hydrogens is 396 g/mol. The molecule has 3 aliphatic rings. The molecule has 6 atom stereocenters. The minimum atomic E-state index is -0.929. The van der Waals surface area contributed by atoms with E-state index in [2.05, 4.69) is 13.2 Å². The van der Waals surface area contributed by atoms with E-state index in [1.807, 2.05) is 30.3 Å². The van der Waals surface area contributed by atoms with E-state index in [9.17, 15) is 5.11 Å². The smallest absolute Gasteiger partial charge is 0.169 e. The predicted molar refractivity (Wildman–Crippen MR) is 116 cm³/mol. The molecule has 31 heavy (non-hydrogen) atoms. The monoisotopic (exact) mass is 430 g/mol. The normalized spacial score (nSPS) is 34.4.